The molecule has 0 unspecified atom stereocenters. The predicted octanol–water partition coefficient (Wildman–Crippen LogP) is 3.16. The highest BCUT2D eigenvalue weighted by Gasteiger charge is 2.26. The molecule has 2 aromatic rings. The zero-order valence-electron chi connectivity index (χ0n) is 14.2. The van der Waals surface area contributed by atoms with E-state index in [1.807, 2.05) is 0 Å². The molecule has 6 nitrogen and oxygen atoms in total. The molecule has 0 aliphatic rings. The topological polar surface area (TPSA) is 75.7 Å². The first-order chi connectivity index (χ1) is 12.4. The number of nitrogens with zero attached hydrogens (tertiary/aromatic N) is 1. The second kappa shape index (κ2) is 8.84. The van der Waals surface area contributed by atoms with Crippen LogP contribution in [0, 0.1) is 0 Å². The lowest BCUT2D eigenvalue weighted by Crippen LogP contribution is -2.38. The Morgan fingerprint density at radius 1 is 1.23 bits per heavy atom. The number of carbonyl (C=O) groups is 1. The molecule has 0 radical (unpaired) electrons. The molecule has 1 amide bonds. The van der Waals surface area contributed by atoms with Gasteiger partial charge in [0.05, 0.1) is 24.2 Å². The van der Waals surface area contributed by atoms with E-state index < -0.39 is 15.9 Å². The molecule has 0 spiro atoms. The summed E-state index contributed by atoms with van der Waals surface area (Å²) in [6.45, 7) is 3.19. The molecule has 0 aliphatic carbocycles. The SMILES string of the molecule is C=CCN(CC(=O)Nc1ccccc1OC)S(=O)(=O)c1ccc(Cl)cc1. The fraction of sp³-hybridized carbons (Fsp3) is 0.167. The van der Waals surface area contributed by atoms with Crippen LogP contribution in [0.1, 0.15) is 0 Å². The van der Waals surface area contributed by atoms with Crippen LogP contribution in [-0.4, -0.2) is 38.8 Å². The van der Waals surface area contributed by atoms with Crippen molar-refractivity contribution in [3.05, 3.63) is 66.2 Å². The van der Waals surface area contributed by atoms with Gasteiger partial charge in [-0.25, -0.2) is 8.42 Å². The van der Waals surface area contributed by atoms with Crippen LogP contribution in [0.25, 0.3) is 0 Å². The molecule has 0 saturated heterocycles. The highest BCUT2D eigenvalue weighted by atomic mass is 35.5. The number of benzene rings is 2. The third-order valence-electron chi connectivity index (χ3n) is 3.49. The molecule has 0 atom stereocenters. The number of sulfonamides is 1. The van der Waals surface area contributed by atoms with E-state index in [1.165, 1.54) is 37.5 Å². The van der Waals surface area contributed by atoms with Crippen LogP contribution in [0.2, 0.25) is 5.02 Å². The van der Waals surface area contributed by atoms with Crippen molar-refractivity contribution in [2.45, 2.75) is 4.90 Å². The Balaban J connectivity index is 2.20. The minimum Gasteiger partial charge on any atom is -0.495 e. The molecular weight excluding hydrogens is 376 g/mol. The Kier molecular flexibility index (Phi) is 6.79. The summed E-state index contributed by atoms with van der Waals surface area (Å²) in [5, 5.41) is 3.08. The highest BCUT2D eigenvalue weighted by molar-refractivity contribution is 7.89. The quantitative estimate of drug-likeness (QED) is 0.698. The third kappa shape index (κ3) is 4.85. The van der Waals surface area contributed by atoms with Crippen molar-refractivity contribution in [3.8, 4) is 5.75 Å². The molecule has 0 aliphatic heterocycles. The Bertz CT molecular complexity index is 882. The highest BCUT2D eigenvalue weighted by Crippen LogP contribution is 2.23. The molecule has 26 heavy (non-hydrogen) atoms. The summed E-state index contributed by atoms with van der Waals surface area (Å²) < 4.78 is 31.8. The number of hydrogen-bond acceptors (Lipinski definition) is 4. The lowest BCUT2D eigenvalue weighted by molar-refractivity contribution is -0.116. The minimum atomic E-state index is -3.87. The van der Waals surface area contributed by atoms with Crippen LogP contribution in [0.3, 0.4) is 0 Å². The Morgan fingerprint density at radius 2 is 1.88 bits per heavy atom. The summed E-state index contributed by atoms with van der Waals surface area (Å²) in [6.07, 6.45) is 1.42. The maximum Gasteiger partial charge on any atom is 0.243 e. The lowest BCUT2D eigenvalue weighted by Gasteiger charge is -2.20. The molecule has 2 aromatic carbocycles. The van der Waals surface area contributed by atoms with Gasteiger partial charge in [0.25, 0.3) is 0 Å². The van der Waals surface area contributed by atoms with Crippen LogP contribution in [-0.2, 0) is 14.8 Å². The average molecular weight is 395 g/mol. The smallest absolute Gasteiger partial charge is 0.243 e. The van der Waals surface area contributed by atoms with E-state index in [2.05, 4.69) is 11.9 Å². The van der Waals surface area contributed by atoms with E-state index >= 15 is 0 Å². The van der Waals surface area contributed by atoms with E-state index in [1.54, 1.807) is 24.3 Å². The van der Waals surface area contributed by atoms with Gasteiger partial charge in [-0.05, 0) is 36.4 Å². The van der Waals surface area contributed by atoms with Crippen molar-refractivity contribution < 1.29 is 17.9 Å². The maximum atomic E-state index is 12.8. The van der Waals surface area contributed by atoms with Crippen molar-refractivity contribution in [2.24, 2.45) is 0 Å². The number of methoxy groups -OCH3 is 1. The summed E-state index contributed by atoms with van der Waals surface area (Å²) in [5.74, 6) is -0.00873. The van der Waals surface area contributed by atoms with E-state index in [0.717, 1.165) is 4.31 Å². The number of ether oxygens (including phenoxy) is 1. The van der Waals surface area contributed by atoms with E-state index in [-0.39, 0.29) is 18.0 Å². The molecule has 0 saturated carbocycles. The number of carbonyl (C=O) groups excluding carboxylic acids is 1. The first-order valence-corrected chi connectivity index (χ1v) is 9.49. The van der Waals surface area contributed by atoms with Gasteiger partial charge in [-0.1, -0.05) is 29.8 Å². The van der Waals surface area contributed by atoms with Gasteiger partial charge in [0.1, 0.15) is 5.75 Å². The number of nitrogens with one attached hydrogen (secondary N) is 1. The van der Waals surface area contributed by atoms with Gasteiger partial charge in [-0.3, -0.25) is 4.79 Å². The summed E-state index contributed by atoms with van der Waals surface area (Å²) in [7, 11) is -2.39. The number of rotatable bonds is 8. The Morgan fingerprint density at radius 3 is 2.50 bits per heavy atom. The normalized spacial score (nSPS) is 11.2. The van der Waals surface area contributed by atoms with Crippen molar-refractivity contribution in [1.82, 2.24) is 4.31 Å². The fourth-order valence-corrected chi connectivity index (χ4v) is 3.74. The van der Waals surface area contributed by atoms with Crippen molar-refractivity contribution in [3.63, 3.8) is 0 Å². The van der Waals surface area contributed by atoms with Crippen LogP contribution in [0.4, 0.5) is 5.69 Å². The van der Waals surface area contributed by atoms with Crippen molar-refractivity contribution in [2.75, 3.05) is 25.5 Å². The molecule has 1 N–H and O–H groups in total. The summed E-state index contributed by atoms with van der Waals surface area (Å²) in [4.78, 5) is 12.4. The Labute approximate surface area is 158 Å². The molecule has 2 rings (SSSR count). The minimum absolute atomic E-state index is 0.00962. The standard InChI is InChI=1S/C18H19ClN2O4S/c1-3-12-21(26(23,24)15-10-8-14(19)9-11-15)13-18(22)20-16-6-4-5-7-17(16)25-2/h3-11H,1,12-13H2,2H3,(H,20,22). The van der Waals surface area contributed by atoms with Crippen LogP contribution in [0.5, 0.6) is 5.75 Å². The Hall–Kier alpha value is -2.35. The second-order valence-electron chi connectivity index (χ2n) is 5.29. The van der Waals surface area contributed by atoms with E-state index in [9.17, 15) is 13.2 Å². The van der Waals surface area contributed by atoms with E-state index in [4.69, 9.17) is 16.3 Å². The van der Waals surface area contributed by atoms with Crippen LogP contribution < -0.4 is 10.1 Å². The summed E-state index contributed by atoms with van der Waals surface area (Å²) in [5.41, 5.74) is 0.461. The van der Waals surface area contributed by atoms with Gasteiger partial charge in [-0.15, -0.1) is 6.58 Å². The van der Waals surface area contributed by atoms with Crippen LogP contribution >= 0.6 is 11.6 Å². The molecule has 0 bridgehead atoms. The third-order valence-corrected chi connectivity index (χ3v) is 5.56. The lowest BCUT2D eigenvalue weighted by atomic mass is 10.3. The van der Waals surface area contributed by atoms with Gasteiger partial charge in [0.2, 0.25) is 15.9 Å². The van der Waals surface area contributed by atoms with E-state index in [0.29, 0.717) is 16.5 Å². The van der Waals surface area contributed by atoms with Gasteiger partial charge in [0.15, 0.2) is 0 Å². The van der Waals surface area contributed by atoms with Gasteiger partial charge >= 0.3 is 0 Å². The van der Waals surface area contributed by atoms with Crippen LogP contribution in [0.15, 0.2) is 66.1 Å². The molecule has 0 fully saturated rings. The van der Waals surface area contributed by atoms with Crippen molar-refractivity contribution in [1.29, 1.82) is 0 Å². The number of para-hydroxylation sites is 2. The van der Waals surface area contributed by atoms with Gasteiger partial charge in [0, 0.05) is 11.6 Å². The summed E-state index contributed by atoms with van der Waals surface area (Å²) >= 11 is 5.81. The molecule has 0 heterocycles. The first-order valence-electron chi connectivity index (χ1n) is 7.68. The zero-order chi connectivity index (χ0) is 19.2. The zero-order valence-corrected chi connectivity index (χ0v) is 15.8. The number of anilines is 1. The molecule has 8 heteroatoms. The molecular formula is C18H19ClN2O4S. The second-order valence-corrected chi connectivity index (χ2v) is 7.66. The predicted molar refractivity (Wildman–Crippen MR) is 102 cm³/mol. The van der Waals surface area contributed by atoms with Crippen molar-refractivity contribution >= 4 is 33.2 Å². The summed E-state index contributed by atoms with van der Waals surface area (Å²) in [6, 6.07) is 12.6. The van der Waals surface area contributed by atoms with Gasteiger partial charge < -0.3 is 10.1 Å². The molecule has 0 aromatic heterocycles. The number of hydrogen-bond donors (Lipinski definition) is 1. The monoisotopic (exact) mass is 394 g/mol. The largest absolute Gasteiger partial charge is 0.495 e. The molecule has 138 valence electrons. The maximum absolute atomic E-state index is 12.8. The number of amides is 1. The van der Waals surface area contributed by atoms with Gasteiger partial charge in [-0.2, -0.15) is 4.31 Å². The average Bonchev–Trinajstić information content (AvgIpc) is 2.62. The fourth-order valence-electron chi connectivity index (χ4n) is 2.25. The number of halogens is 1. The first kappa shape index (κ1) is 20.0.